The highest BCUT2D eigenvalue weighted by Crippen LogP contribution is 2.47. The predicted molar refractivity (Wildman–Crippen MR) is 114 cm³/mol. The van der Waals surface area contributed by atoms with Crippen molar-refractivity contribution in [1.82, 2.24) is 9.97 Å². The second-order valence-corrected chi connectivity index (χ2v) is 7.92. The molecule has 2 aromatic rings. The lowest BCUT2D eigenvalue weighted by Crippen LogP contribution is -2.42. The summed E-state index contributed by atoms with van der Waals surface area (Å²) in [5.74, 6) is 0.165. The topological polar surface area (TPSA) is 106 Å². The van der Waals surface area contributed by atoms with E-state index in [-0.39, 0.29) is 35.3 Å². The fourth-order valence-electron chi connectivity index (χ4n) is 3.91. The van der Waals surface area contributed by atoms with Crippen LogP contribution in [-0.2, 0) is 4.74 Å². The standard InChI is InChI=1S/C20H25ClFN5O3/c1-3-27-10(2)8-30-19-11(6-13(22)16(23)18(19)27)17-12(21)7-24-20(26-17)25-14-4-5-29-9-15(14)28/h6-7,10,14-15,28H,3-5,8-9,23H2,1-2H3,(H,24,25,26)/t10-,14+,15+/m0/s1. The molecule has 1 aromatic carbocycles. The first kappa shape index (κ1) is 20.9. The molecule has 8 nitrogen and oxygen atoms in total. The average molecular weight is 438 g/mol. The van der Waals surface area contributed by atoms with E-state index in [1.54, 1.807) is 0 Å². The van der Waals surface area contributed by atoms with Gasteiger partial charge in [-0.05, 0) is 26.3 Å². The van der Waals surface area contributed by atoms with Gasteiger partial charge in [0, 0.05) is 18.7 Å². The van der Waals surface area contributed by atoms with E-state index in [9.17, 15) is 9.50 Å². The number of aliphatic hydroxyl groups is 1. The predicted octanol–water partition coefficient (Wildman–Crippen LogP) is 2.69. The lowest BCUT2D eigenvalue weighted by molar-refractivity contribution is -0.0136. The van der Waals surface area contributed by atoms with Gasteiger partial charge in [-0.15, -0.1) is 0 Å². The van der Waals surface area contributed by atoms with Crippen LogP contribution in [0.5, 0.6) is 5.75 Å². The van der Waals surface area contributed by atoms with Crippen molar-refractivity contribution in [3.63, 3.8) is 0 Å². The number of hydrogen-bond donors (Lipinski definition) is 3. The Balaban J connectivity index is 1.77. The van der Waals surface area contributed by atoms with Gasteiger partial charge in [-0.1, -0.05) is 11.6 Å². The number of rotatable bonds is 4. The van der Waals surface area contributed by atoms with E-state index in [2.05, 4.69) is 15.3 Å². The summed E-state index contributed by atoms with van der Waals surface area (Å²) >= 11 is 6.39. The van der Waals surface area contributed by atoms with Gasteiger partial charge in [-0.25, -0.2) is 14.4 Å². The van der Waals surface area contributed by atoms with Gasteiger partial charge in [0.1, 0.15) is 18.1 Å². The summed E-state index contributed by atoms with van der Waals surface area (Å²) in [7, 11) is 0. The maximum Gasteiger partial charge on any atom is 0.223 e. The highest BCUT2D eigenvalue weighted by atomic mass is 35.5. The molecule has 0 amide bonds. The van der Waals surface area contributed by atoms with Crippen LogP contribution in [0, 0.1) is 5.82 Å². The molecule has 10 heteroatoms. The number of halogens is 2. The number of nitrogen functional groups attached to an aromatic ring is 1. The van der Waals surface area contributed by atoms with Gasteiger partial charge in [0.15, 0.2) is 5.75 Å². The third kappa shape index (κ3) is 3.73. The van der Waals surface area contributed by atoms with Crippen molar-refractivity contribution in [3.05, 3.63) is 23.1 Å². The number of nitrogens with one attached hydrogen (secondary N) is 1. The van der Waals surface area contributed by atoms with Crippen LogP contribution >= 0.6 is 11.6 Å². The summed E-state index contributed by atoms with van der Waals surface area (Å²) in [5, 5.41) is 13.5. The minimum Gasteiger partial charge on any atom is -0.488 e. The summed E-state index contributed by atoms with van der Waals surface area (Å²) in [6.07, 6.45) is 1.38. The number of ether oxygens (including phenoxy) is 2. The Bertz CT molecular complexity index is 947. The van der Waals surface area contributed by atoms with Crippen molar-refractivity contribution >= 4 is 28.9 Å². The van der Waals surface area contributed by atoms with Gasteiger partial charge in [0.05, 0.1) is 47.4 Å². The molecule has 0 unspecified atom stereocenters. The molecular weight excluding hydrogens is 413 g/mol. The lowest BCUT2D eigenvalue weighted by Gasteiger charge is -2.37. The maximum atomic E-state index is 14.8. The van der Waals surface area contributed by atoms with Crippen LogP contribution in [0.15, 0.2) is 12.3 Å². The number of hydrogen-bond acceptors (Lipinski definition) is 8. The zero-order valence-corrected chi connectivity index (χ0v) is 17.6. The van der Waals surface area contributed by atoms with Crippen LogP contribution in [0.25, 0.3) is 11.3 Å². The molecule has 0 radical (unpaired) electrons. The molecule has 1 fully saturated rings. The average Bonchev–Trinajstić information content (AvgIpc) is 2.73. The van der Waals surface area contributed by atoms with Crippen LogP contribution in [0.1, 0.15) is 20.3 Å². The Labute approximate surface area is 179 Å². The number of nitrogens with zero attached hydrogens (tertiary/aromatic N) is 3. The van der Waals surface area contributed by atoms with Gasteiger partial charge in [0.2, 0.25) is 5.95 Å². The van der Waals surface area contributed by atoms with Gasteiger partial charge >= 0.3 is 0 Å². The third-order valence-electron chi connectivity index (χ3n) is 5.51. The Morgan fingerprint density at radius 2 is 2.23 bits per heavy atom. The van der Waals surface area contributed by atoms with Crippen LogP contribution in [0.4, 0.5) is 21.7 Å². The van der Waals surface area contributed by atoms with Crippen LogP contribution in [0.3, 0.4) is 0 Å². The number of nitrogens with two attached hydrogens (primary N) is 1. The Kier molecular flexibility index (Phi) is 5.86. The van der Waals surface area contributed by atoms with E-state index in [1.807, 2.05) is 18.7 Å². The summed E-state index contributed by atoms with van der Waals surface area (Å²) in [4.78, 5) is 10.7. The highest BCUT2D eigenvalue weighted by Gasteiger charge is 2.31. The molecule has 0 aliphatic carbocycles. The molecular formula is C20H25ClFN5O3. The molecule has 0 spiro atoms. The largest absolute Gasteiger partial charge is 0.488 e. The SMILES string of the molecule is CCN1c2c(N)c(F)cc(-c3nc(N[C@@H]4CCOC[C@H]4O)ncc3Cl)c2OC[C@@H]1C. The first-order valence-corrected chi connectivity index (χ1v) is 10.3. The van der Waals surface area contributed by atoms with Crippen molar-refractivity contribution in [3.8, 4) is 17.0 Å². The van der Waals surface area contributed by atoms with Gasteiger partial charge in [-0.3, -0.25) is 0 Å². The Morgan fingerprint density at radius 3 is 2.97 bits per heavy atom. The van der Waals surface area contributed by atoms with E-state index in [4.69, 9.17) is 26.8 Å². The molecule has 0 saturated carbocycles. The molecule has 4 rings (SSSR count). The summed E-state index contributed by atoms with van der Waals surface area (Å²) in [5.41, 5.74) is 7.36. The second-order valence-electron chi connectivity index (χ2n) is 7.52. The Hall–Kier alpha value is -2.36. The zero-order chi connectivity index (χ0) is 21.4. The molecule has 3 heterocycles. The van der Waals surface area contributed by atoms with Crippen molar-refractivity contribution in [2.75, 3.05) is 42.3 Å². The molecule has 4 N–H and O–H groups in total. The summed E-state index contributed by atoms with van der Waals surface area (Å²) in [6.45, 7) is 5.83. The van der Waals surface area contributed by atoms with Crippen molar-refractivity contribution in [2.24, 2.45) is 0 Å². The summed E-state index contributed by atoms with van der Waals surface area (Å²) in [6, 6.07) is 1.09. The number of fused-ring (bicyclic) bond motifs is 1. The second kappa shape index (κ2) is 8.41. The fraction of sp³-hybridized carbons (Fsp3) is 0.500. The normalized spacial score (nSPS) is 23.6. The van der Waals surface area contributed by atoms with E-state index in [0.29, 0.717) is 48.9 Å². The van der Waals surface area contributed by atoms with Gasteiger partial charge in [-0.2, -0.15) is 0 Å². The minimum atomic E-state index is -0.675. The summed E-state index contributed by atoms with van der Waals surface area (Å²) < 4.78 is 26.0. The number of likely N-dealkylation sites (N-methyl/N-ethyl adjacent to an activating group) is 1. The molecule has 30 heavy (non-hydrogen) atoms. The molecule has 1 aromatic heterocycles. The zero-order valence-electron chi connectivity index (χ0n) is 16.9. The molecule has 2 aliphatic heterocycles. The van der Waals surface area contributed by atoms with Crippen LogP contribution in [0.2, 0.25) is 5.02 Å². The molecule has 3 atom stereocenters. The van der Waals surface area contributed by atoms with E-state index >= 15 is 0 Å². The van der Waals surface area contributed by atoms with Crippen LogP contribution in [-0.4, -0.2) is 59.6 Å². The number of anilines is 3. The van der Waals surface area contributed by atoms with Crippen molar-refractivity contribution < 1.29 is 19.0 Å². The van der Waals surface area contributed by atoms with Gasteiger partial charge < -0.3 is 30.5 Å². The van der Waals surface area contributed by atoms with Crippen molar-refractivity contribution in [2.45, 2.75) is 38.5 Å². The molecule has 1 saturated heterocycles. The van der Waals surface area contributed by atoms with E-state index in [1.165, 1.54) is 12.3 Å². The van der Waals surface area contributed by atoms with Crippen LogP contribution < -0.4 is 20.7 Å². The number of aliphatic hydroxyl groups excluding tert-OH is 1. The molecule has 0 bridgehead atoms. The van der Waals surface area contributed by atoms with Crippen molar-refractivity contribution in [1.29, 1.82) is 0 Å². The monoisotopic (exact) mass is 437 g/mol. The molecule has 2 aliphatic rings. The number of aromatic nitrogens is 2. The van der Waals surface area contributed by atoms with E-state index < -0.39 is 11.9 Å². The smallest absolute Gasteiger partial charge is 0.223 e. The minimum absolute atomic E-state index is 0.0380. The highest BCUT2D eigenvalue weighted by molar-refractivity contribution is 6.33. The fourth-order valence-corrected chi connectivity index (χ4v) is 4.10. The third-order valence-corrected chi connectivity index (χ3v) is 5.79. The van der Waals surface area contributed by atoms with E-state index in [0.717, 1.165) is 0 Å². The first-order chi connectivity index (χ1) is 14.4. The number of benzene rings is 1. The Morgan fingerprint density at radius 1 is 1.43 bits per heavy atom. The maximum absolute atomic E-state index is 14.8. The van der Waals surface area contributed by atoms with Gasteiger partial charge in [0.25, 0.3) is 0 Å². The molecule has 162 valence electrons. The quantitative estimate of drug-likeness (QED) is 0.627. The first-order valence-electron chi connectivity index (χ1n) is 9.97. The lowest BCUT2D eigenvalue weighted by atomic mass is 10.0.